The van der Waals surface area contributed by atoms with Gasteiger partial charge in [0.25, 0.3) is 0 Å². The first-order valence-corrected chi connectivity index (χ1v) is 7.78. The molecule has 0 aliphatic carbocycles. The van der Waals surface area contributed by atoms with Gasteiger partial charge in [0.05, 0.1) is 13.0 Å². The van der Waals surface area contributed by atoms with Crippen molar-refractivity contribution in [3.63, 3.8) is 0 Å². The standard InChI is InChI=1S/C17H16FN5O3/c18-12-3-7-15(8-4-12)26-14-5-1-11(2-6-14)17-20-22-23(21-17)10-13(19)9-16(24)25/h1-8,13H,9-10,19H2,(H,24,25). The number of hydrogen-bond acceptors (Lipinski definition) is 6. The highest BCUT2D eigenvalue weighted by molar-refractivity contribution is 5.67. The van der Waals surface area contributed by atoms with Crippen LogP contribution in [0.1, 0.15) is 6.42 Å². The first-order valence-electron chi connectivity index (χ1n) is 7.78. The van der Waals surface area contributed by atoms with Gasteiger partial charge < -0.3 is 15.6 Å². The lowest BCUT2D eigenvalue weighted by molar-refractivity contribution is -0.137. The third kappa shape index (κ3) is 4.61. The van der Waals surface area contributed by atoms with Crippen molar-refractivity contribution in [2.75, 3.05) is 0 Å². The van der Waals surface area contributed by atoms with E-state index in [-0.39, 0.29) is 18.8 Å². The number of carboxylic acid groups (broad SMARTS) is 1. The van der Waals surface area contributed by atoms with Gasteiger partial charge in [-0.1, -0.05) is 0 Å². The maximum absolute atomic E-state index is 12.9. The first kappa shape index (κ1) is 17.5. The number of benzene rings is 2. The van der Waals surface area contributed by atoms with Gasteiger partial charge in [0.2, 0.25) is 5.82 Å². The molecular weight excluding hydrogens is 341 g/mol. The summed E-state index contributed by atoms with van der Waals surface area (Å²) >= 11 is 0. The summed E-state index contributed by atoms with van der Waals surface area (Å²) in [6.07, 6.45) is -0.174. The Bertz CT molecular complexity index is 880. The molecule has 1 aromatic heterocycles. The molecule has 3 aromatic rings. The Kier molecular flexibility index (Phi) is 5.18. The molecule has 0 radical (unpaired) electrons. The number of nitrogens with zero attached hydrogens (tertiary/aromatic N) is 4. The highest BCUT2D eigenvalue weighted by atomic mass is 19.1. The molecule has 1 unspecified atom stereocenters. The molecule has 26 heavy (non-hydrogen) atoms. The molecule has 3 rings (SSSR count). The van der Waals surface area contributed by atoms with E-state index in [1.165, 1.54) is 29.1 Å². The molecule has 0 fully saturated rings. The largest absolute Gasteiger partial charge is 0.481 e. The molecule has 0 amide bonds. The van der Waals surface area contributed by atoms with Crippen LogP contribution in [0.3, 0.4) is 0 Å². The summed E-state index contributed by atoms with van der Waals surface area (Å²) in [7, 11) is 0. The summed E-state index contributed by atoms with van der Waals surface area (Å²) < 4.78 is 18.5. The zero-order valence-corrected chi connectivity index (χ0v) is 13.6. The summed E-state index contributed by atoms with van der Waals surface area (Å²) in [5.41, 5.74) is 6.42. The molecule has 3 N–H and O–H groups in total. The van der Waals surface area contributed by atoms with Crippen molar-refractivity contribution in [3.05, 3.63) is 54.3 Å². The van der Waals surface area contributed by atoms with Crippen LogP contribution in [0.25, 0.3) is 11.4 Å². The van der Waals surface area contributed by atoms with E-state index in [0.29, 0.717) is 17.3 Å². The minimum absolute atomic E-state index is 0.158. The lowest BCUT2D eigenvalue weighted by Crippen LogP contribution is -2.30. The van der Waals surface area contributed by atoms with Gasteiger partial charge in [-0.3, -0.25) is 4.79 Å². The quantitative estimate of drug-likeness (QED) is 0.665. The van der Waals surface area contributed by atoms with Crippen LogP contribution in [-0.4, -0.2) is 37.3 Å². The molecule has 0 bridgehead atoms. The van der Waals surface area contributed by atoms with Crippen molar-refractivity contribution in [2.24, 2.45) is 5.73 Å². The molecule has 0 aliphatic heterocycles. The van der Waals surface area contributed by atoms with Crippen LogP contribution in [0.15, 0.2) is 48.5 Å². The highest BCUT2D eigenvalue weighted by Gasteiger charge is 2.12. The van der Waals surface area contributed by atoms with Crippen molar-refractivity contribution >= 4 is 5.97 Å². The molecule has 0 aliphatic rings. The van der Waals surface area contributed by atoms with Gasteiger partial charge in [0, 0.05) is 11.6 Å². The molecule has 0 saturated heterocycles. The normalized spacial score (nSPS) is 11.9. The zero-order chi connectivity index (χ0) is 18.5. The van der Waals surface area contributed by atoms with E-state index in [2.05, 4.69) is 15.4 Å². The second-order valence-corrected chi connectivity index (χ2v) is 5.61. The van der Waals surface area contributed by atoms with E-state index in [1.807, 2.05) is 0 Å². The van der Waals surface area contributed by atoms with Crippen LogP contribution in [0.5, 0.6) is 11.5 Å². The third-order valence-corrected chi connectivity index (χ3v) is 3.45. The molecular formula is C17H16FN5O3. The highest BCUT2D eigenvalue weighted by Crippen LogP contribution is 2.24. The fraction of sp³-hybridized carbons (Fsp3) is 0.176. The molecule has 0 spiro atoms. The van der Waals surface area contributed by atoms with Crippen LogP contribution in [0.2, 0.25) is 0 Å². The van der Waals surface area contributed by atoms with Gasteiger partial charge in [0.1, 0.15) is 17.3 Å². The minimum atomic E-state index is -0.977. The molecule has 1 atom stereocenters. The SMILES string of the molecule is NC(CC(=O)O)Cn1nnc(-c2ccc(Oc3ccc(F)cc3)cc2)n1. The minimum Gasteiger partial charge on any atom is -0.481 e. The van der Waals surface area contributed by atoms with E-state index >= 15 is 0 Å². The summed E-state index contributed by atoms with van der Waals surface area (Å²) in [4.78, 5) is 11.9. The molecule has 2 aromatic carbocycles. The number of tetrazole rings is 1. The van der Waals surface area contributed by atoms with Crippen molar-refractivity contribution in [1.29, 1.82) is 0 Å². The second kappa shape index (κ2) is 7.70. The topological polar surface area (TPSA) is 116 Å². The van der Waals surface area contributed by atoms with Gasteiger partial charge in [0.15, 0.2) is 0 Å². The van der Waals surface area contributed by atoms with E-state index in [0.717, 1.165) is 5.56 Å². The van der Waals surface area contributed by atoms with Crippen molar-refractivity contribution < 1.29 is 19.0 Å². The number of carbonyl (C=O) groups is 1. The number of aromatic nitrogens is 4. The van der Waals surface area contributed by atoms with Crippen LogP contribution in [0.4, 0.5) is 4.39 Å². The maximum Gasteiger partial charge on any atom is 0.304 e. The monoisotopic (exact) mass is 357 g/mol. The molecule has 9 heteroatoms. The van der Waals surface area contributed by atoms with E-state index < -0.39 is 12.0 Å². The second-order valence-electron chi connectivity index (χ2n) is 5.61. The van der Waals surface area contributed by atoms with E-state index in [4.69, 9.17) is 15.6 Å². The van der Waals surface area contributed by atoms with Gasteiger partial charge in [-0.15, -0.1) is 10.2 Å². The summed E-state index contributed by atoms with van der Waals surface area (Å²) in [5, 5.41) is 20.7. The van der Waals surface area contributed by atoms with Crippen molar-refractivity contribution in [1.82, 2.24) is 20.2 Å². The average Bonchev–Trinajstić information content (AvgIpc) is 3.05. The first-order chi connectivity index (χ1) is 12.5. The lowest BCUT2D eigenvalue weighted by atomic mass is 10.2. The van der Waals surface area contributed by atoms with Gasteiger partial charge >= 0.3 is 5.97 Å². The van der Waals surface area contributed by atoms with Gasteiger partial charge in [-0.25, -0.2) is 4.39 Å². The van der Waals surface area contributed by atoms with E-state index in [9.17, 15) is 9.18 Å². The predicted octanol–water partition coefficient (Wildman–Crippen LogP) is 2.07. The Morgan fingerprint density at radius 1 is 1.15 bits per heavy atom. The maximum atomic E-state index is 12.9. The molecule has 1 heterocycles. The fourth-order valence-corrected chi connectivity index (χ4v) is 2.25. The molecule has 134 valence electrons. The Hall–Kier alpha value is -3.33. The van der Waals surface area contributed by atoms with Crippen LogP contribution in [-0.2, 0) is 11.3 Å². The average molecular weight is 357 g/mol. The summed E-state index contributed by atoms with van der Waals surface area (Å²) in [5.74, 6) is 0.187. The predicted molar refractivity (Wildman–Crippen MR) is 90.0 cm³/mol. The number of aliphatic carboxylic acids is 1. The van der Waals surface area contributed by atoms with Gasteiger partial charge in [-0.2, -0.15) is 4.80 Å². The van der Waals surface area contributed by atoms with E-state index in [1.54, 1.807) is 24.3 Å². The number of nitrogens with two attached hydrogens (primary N) is 1. The molecule has 8 nitrogen and oxygen atoms in total. The van der Waals surface area contributed by atoms with Crippen molar-refractivity contribution in [3.8, 4) is 22.9 Å². The van der Waals surface area contributed by atoms with Crippen molar-refractivity contribution in [2.45, 2.75) is 19.0 Å². The Labute approximate surface area is 148 Å². The number of halogens is 1. The Morgan fingerprint density at radius 2 is 1.77 bits per heavy atom. The van der Waals surface area contributed by atoms with Gasteiger partial charge in [-0.05, 0) is 53.7 Å². The fourth-order valence-electron chi connectivity index (χ4n) is 2.25. The summed E-state index contributed by atoms with van der Waals surface area (Å²) in [6, 6.07) is 12.1. The number of ether oxygens (including phenoxy) is 1. The smallest absolute Gasteiger partial charge is 0.304 e. The Balaban J connectivity index is 1.65. The van der Waals surface area contributed by atoms with Crippen LogP contribution in [0, 0.1) is 5.82 Å². The number of hydrogen-bond donors (Lipinski definition) is 2. The van der Waals surface area contributed by atoms with Crippen LogP contribution < -0.4 is 10.5 Å². The Morgan fingerprint density at radius 3 is 2.38 bits per heavy atom. The number of rotatable bonds is 7. The summed E-state index contributed by atoms with van der Waals surface area (Å²) in [6.45, 7) is 0.158. The lowest BCUT2D eigenvalue weighted by Gasteiger charge is -2.06. The third-order valence-electron chi connectivity index (χ3n) is 3.45. The molecule has 0 saturated carbocycles. The number of carboxylic acids is 1. The van der Waals surface area contributed by atoms with Crippen LogP contribution >= 0.6 is 0 Å². The zero-order valence-electron chi connectivity index (χ0n) is 13.6.